The van der Waals surface area contributed by atoms with E-state index in [-0.39, 0.29) is 10.3 Å². The molecule has 1 unspecified atom stereocenters. The summed E-state index contributed by atoms with van der Waals surface area (Å²) in [6.07, 6.45) is 2.47. The van der Waals surface area contributed by atoms with E-state index in [1.54, 1.807) is 12.1 Å². The van der Waals surface area contributed by atoms with Crippen LogP contribution < -0.4 is 11.1 Å². The Morgan fingerprint density at radius 2 is 2.39 bits per heavy atom. The van der Waals surface area contributed by atoms with E-state index < -0.39 is 5.97 Å². The highest BCUT2D eigenvalue weighted by atomic mass is 32.2. The normalized spacial score (nSPS) is 22.9. The highest BCUT2D eigenvalue weighted by Crippen LogP contribution is 2.38. The number of aromatic carboxylic acids is 1. The Morgan fingerprint density at radius 1 is 1.61 bits per heavy atom. The molecule has 0 bridgehead atoms. The molecule has 0 aliphatic carbocycles. The third kappa shape index (κ3) is 2.90. The molecule has 4 N–H and O–H groups in total. The molecule has 98 valence electrons. The zero-order valence-corrected chi connectivity index (χ0v) is 11.2. The maximum absolute atomic E-state index is 10.8. The molecular formula is C13H18N2O2S. The fraction of sp³-hybridized carbons (Fsp3) is 0.462. The Bertz CT molecular complexity index is 456. The summed E-state index contributed by atoms with van der Waals surface area (Å²) in [7, 11) is 0. The van der Waals surface area contributed by atoms with Crippen molar-refractivity contribution in [3.05, 3.63) is 23.8 Å². The zero-order valence-electron chi connectivity index (χ0n) is 10.4. The van der Waals surface area contributed by atoms with Crippen LogP contribution in [0.15, 0.2) is 18.2 Å². The first-order valence-electron chi connectivity index (χ1n) is 6.01. The number of carboxylic acid groups (broad SMARTS) is 1. The highest BCUT2D eigenvalue weighted by Gasteiger charge is 2.29. The van der Waals surface area contributed by atoms with Gasteiger partial charge in [-0.25, -0.2) is 4.79 Å². The fourth-order valence-electron chi connectivity index (χ4n) is 2.12. The number of hydrogen-bond acceptors (Lipinski definition) is 4. The number of nitrogens with one attached hydrogen (secondary N) is 1. The lowest BCUT2D eigenvalue weighted by Crippen LogP contribution is -2.27. The van der Waals surface area contributed by atoms with Gasteiger partial charge in [0.1, 0.15) is 0 Å². The summed E-state index contributed by atoms with van der Waals surface area (Å²) in [5, 5.41) is 12.2. The van der Waals surface area contributed by atoms with Crippen molar-refractivity contribution in [1.29, 1.82) is 0 Å². The SMILES string of the molecule is CC1(CNc2ccc(C(=O)O)cc2N)CCCS1. The van der Waals surface area contributed by atoms with Crippen LogP contribution >= 0.6 is 11.8 Å². The Balaban J connectivity index is 2.03. The van der Waals surface area contributed by atoms with Gasteiger partial charge < -0.3 is 16.2 Å². The monoisotopic (exact) mass is 266 g/mol. The van der Waals surface area contributed by atoms with E-state index in [4.69, 9.17) is 10.8 Å². The first-order valence-corrected chi connectivity index (χ1v) is 6.99. The number of rotatable bonds is 4. The van der Waals surface area contributed by atoms with Gasteiger partial charge in [0.05, 0.1) is 16.9 Å². The maximum atomic E-state index is 10.8. The lowest BCUT2D eigenvalue weighted by atomic mass is 10.1. The van der Waals surface area contributed by atoms with Crippen LogP contribution in [0.3, 0.4) is 0 Å². The van der Waals surface area contributed by atoms with Crippen LogP contribution in [0, 0.1) is 0 Å². The van der Waals surface area contributed by atoms with Crippen LogP contribution in [0.1, 0.15) is 30.1 Å². The van der Waals surface area contributed by atoms with Gasteiger partial charge in [-0.3, -0.25) is 0 Å². The predicted octanol–water partition coefficient (Wildman–Crippen LogP) is 2.66. The Hall–Kier alpha value is -1.36. The van der Waals surface area contributed by atoms with Crippen molar-refractivity contribution in [2.45, 2.75) is 24.5 Å². The number of carboxylic acids is 1. The molecule has 0 aromatic heterocycles. The van der Waals surface area contributed by atoms with Gasteiger partial charge in [0.25, 0.3) is 0 Å². The zero-order chi connectivity index (χ0) is 13.2. The molecule has 1 aromatic rings. The maximum Gasteiger partial charge on any atom is 0.335 e. The fourth-order valence-corrected chi connectivity index (χ4v) is 3.36. The molecule has 2 rings (SSSR count). The van der Waals surface area contributed by atoms with E-state index in [2.05, 4.69) is 12.2 Å². The van der Waals surface area contributed by atoms with Crippen molar-refractivity contribution in [1.82, 2.24) is 0 Å². The van der Waals surface area contributed by atoms with Crippen molar-refractivity contribution < 1.29 is 9.90 Å². The summed E-state index contributed by atoms with van der Waals surface area (Å²) in [4.78, 5) is 10.8. The average Bonchev–Trinajstić information content (AvgIpc) is 2.75. The number of thioether (sulfide) groups is 1. The summed E-state index contributed by atoms with van der Waals surface area (Å²) in [5.74, 6) is 0.262. The first kappa shape index (κ1) is 13.1. The van der Waals surface area contributed by atoms with Crippen LogP contribution in [-0.4, -0.2) is 28.1 Å². The van der Waals surface area contributed by atoms with Gasteiger partial charge in [-0.15, -0.1) is 0 Å². The van der Waals surface area contributed by atoms with Gasteiger partial charge in [0, 0.05) is 11.3 Å². The Labute approximate surface area is 111 Å². The summed E-state index contributed by atoms with van der Waals surface area (Å²) >= 11 is 1.98. The van der Waals surface area contributed by atoms with Crippen LogP contribution in [0.4, 0.5) is 11.4 Å². The third-order valence-corrected chi connectivity index (χ3v) is 4.79. The average molecular weight is 266 g/mol. The van der Waals surface area contributed by atoms with E-state index in [1.807, 2.05) is 11.8 Å². The molecule has 0 radical (unpaired) electrons. The van der Waals surface area contributed by atoms with Crippen LogP contribution in [0.5, 0.6) is 0 Å². The molecule has 18 heavy (non-hydrogen) atoms. The number of benzene rings is 1. The van der Waals surface area contributed by atoms with Crippen molar-refractivity contribution in [3.8, 4) is 0 Å². The van der Waals surface area contributed by atoms with E-state index in [0.29, 0.717) is 5.69 Å². The molecule has 1 heterocycles. The highest BCUT2D eigenvalue weighted by molar-refractivity contribution is 8.00. The molecule has 0 amide bonds. The molecule has 1 aromatic carbocycles. The summed E-state index contributed by atoms with van der Waals surface area (Å²) in [5.41, 5.74) is 7.38. The van der Waals surface area contributed by atoms with E-state index in [0.717, 1.165) is 12.2 Å². The van der Waals surface area contributed by atoms with Crippen molar-refractivity contribution in [3.63, 3.8) is 0 Å². The number of hydrogen-bond donors (Lipinski definition) is 3. The number of nitrogens with two attached hydrogens (primary N) is 1. The molecular weight excluding hydrogens is 248 g/mol. The Morgan fingerprint density at radius 3 is 2.94 bits per heavy atom. The first-order chi connectivity index (χ1) is 8.50. The third-order valence-electron chi connectivity index (χ3n) is 3.25. The van der Waals surface area contributed by atoms with Crippen molar-refractivity contribution in [2.75, 3.05) is 23.3 Å². The quantitative estimate of drug-likeness (QED) is 0.730. The topological polar surface area (TPSA) is 75.3 Å². The van der Waals surface area contributed by atoms with Gasteiger partial charge in [0.2, 0.25) is 0 Å². The van der Waals surface area contributed by atoms with Gasteiger partial charge >= 0.3 is 5.97 Å². The van der Waals surface area contributed by atoms with Gasteiger partial charge in [-0.1, -0.05) is 0 Å². The predicted molar refractivity (Wildman–Crippen MR) is 76.4 cm³/mol. The molecule has 0 spiro atoms. The second kappa shape index (κ2) is 5.10. The summed E-state index contributed by atoms with van der Waals surface area (Å²) in [6, 6.07) is 4.81. The minimum Gasteiger partial charge on any atom is -0.478 e. The number of anilines is 2. The van der Waals surface area contributed by atoms with Gasteiger partial charge in [-0.05, 0) is 43.7 Å². The molecule has 4 nitrogen and oxygen atoms in total. The van der Waals surface area contributed by atoms with E-state index in [1.165, 1.54) is 24.7 Å². The lowest BCUT2D eigenvalue weighted by molar-refractivity contribution is 0.0697. The summed E-state index contributed by atoms with van der Waals surface area (Å²) in [6.45, 7) is 3.10. The molecule has 1 fully saturated rings. The second-order valence-corrected chi connectivity index (χ2v) is 6.55. The van der Waals surface area contributed by atoms with E-state index in [9.17, 15) is 4.79 Å². The van der Waals surface area contributed by atoms with E-state index >= 15 is 0 Å². The molecule has 5 heteroatoms. The number of nitrogen functional groups attached to an aromatic ring is 1. The molecule has 0 saturated carbocycles. The largest absolute Gasteiger partial charge is 0.478 e. The Kier molecular flexibility index (Phi) is 3.71. The molecule has 1 saturated heterocycles. The number of carbonyl (C=O) groups is 1. The van der Waals surface area contributed by atoms with Crippen LogP contribution in [-0.2, 0) is 0 Å². The lowest BCUT2D eigenvalue weighted by Gasteiger charge is -2.24. The van der Waals surface area contributed by atoms with Crippen molar-refractivity contribution >= 4 is 29.1 Å². The second-order valence-electron chi connectivity index (χ2n) is 4.86. The standard InChI is InChI=1S/C13H18N2O2S/c1-13(5-2-6-18-13)8-15-11-4-3-9(12(16)17)7-10(11)14/h3-4,7,15H,2,5-6,8,14H2,1H3,(H,16,17). The molecule has 1 atom stereocenters. The minimum absolute atomic E-state index is 0.222. The van der Waals surface area contributed by atoms with Crippen LogP contribution in [0.2, 0.25) is 0 Å². The smallest absolute Gasteiger partial charge is 0.335 e. The van der Waals surface area contributed by atoms with Crippen LogP contribution in [0.25, 0.3) is 0 Å². The van der Waals surface area contributed by atoms with Gasteiger partial charge in [-0.2, -0.15) is 11.8 Å². The summed E-state index contributed by atoms with van der Waals surface area (Å²) < 4.78 is 0.262. The molecule has 1 aliphatic heterocycles. The molecule has 1 aliphatic rings. The van der Waals surface area contributed by atoms with Crippen molar-refractivity contribution in [2.24, 2.45) is 0 Å². The minimum atomic E-state index is -0.952. The van der Waals surface area contributed by atoms with Gasteiger partial charge in [0.15, 0.2) is 0 Å².